The lowest BCUT2D eigenvalue weighted by Crippen LogP contribution is -2.52. The molecule has 7 heteroatoms. The Bertz CT molecular complexity index is 1010. The molecule has 3 aromatic rings. The number of ketones is 1. The van der Waals surface area contributed by atoms with Gasteiger partial charge in [-0.15, -0.1) is 0 Å². The second-order valence-electron chi connectivity index (χ2n) is 6.31. The van der Waals surface area contributed by atoms with Gasteiger partial charge in [0.2, 0.25) is 5.91 Å². The summed E-state index contributed by atoms with van der Waals surface area (Å²) in [7, 11) is 0. The number of benzene rings is 2. The largest absolute Gasteiger partial charge is 0.346 e. The summed E-state index contributed by atoms with van der Waals surface area (Å²) in [6.45, 7) is 2.57. The van der Waals surface area contributed by atoms with Crippen LogP contribution in [0.1, 0.15) is 17.3 Å². The van der Waals surface area contributed by atoms with E-state index in [1.165, 1.54) is 24.3 Å². The van der Waals surface area contributed by atoms with Crippen LogP contribution in [0.3, 0.4) is 0 Å². The first-order valence-electron chi connectivity index (χ1n) is 8.23. The molecule has 2 aromatic carbocycles. The normalized spacial score (nSPS) is 14.3. The Hall–Kier alpha value is -2.80. The number of aromatic nitrogens is 1. The van der Waals surface area contributed by atoms with Crippen molar-refractivity contribution in [2.24, 2.45) is 5.92 Å². The number of amides is 1. The van der Waals surface area contributed by atoms with E-state index in [0.29, 0.717) is 29.9 Å². The number of fused-ring (bicyclic) bond motifs is 1. The molecule has 1 amide bonds. The van der Waals surface area contributed by atoms with Crippen LogP contribution in [0.5, 0.6) is 0 Å². The molecule has 1 aliphatic rings. The fourth-order valence-corrected chi connectivity index (χ4v) is 3.90. The van der Waals surface area contributed by atoms with Crippen LogP contribution in [0, 0.1) is 11.7 Å². The molecule has 0 unspecified atom stereocenters. The minimum absolute atomic E-state index is 0.0426. The average Bonchev–Trinajstić information content (AvgIpc) is 2.98. The molecule has 0 spiro atoms. The highest BCUT2D eigenvalue weighted by Crippen LogP contribution is 2.34. The van der Waals surface area contributed by atoms with E-state index in [4.69, 9.17) is 0 Å². The molecule has 2 heterocycles. The van der Waals surface area contributed by atoms with E-state index in [1.807, 2.05) is 11.0 Å². The fourth-order valence-electron chi connectivity index (χ4n) is 2.90. The summed E-state index contributed by atoms with van der Waals surface area (Å²) in [4.78, 5) is 30.1. The molecule has 26 heavy (non-hydrogen) atoms. The van der Waals surface area contributed by atoms with Gasteiger partial charge in [-0.3, -0.25) is 9.59 Å². The first kappa shape index (κ1) is 16.7. The molecule has 1 aliphatic heterocycles. The molecule has 5 nitrogen and oxygen atoms in total. The van der Waals surface area contributed by atoms with Gasteiger partial charge in [0.15, 0.2) is 10.9 Å². The Morgan fingerprint density at radius 1 is 1.23 bits per heavy atom. The highest BCUT2D eigenvalue weighted by Gasteiger charge is 2.34. The van der Waals surface area contributed by atoms with Crippen LogP contribution in [-0.4, -0.2) is 29.8 Å². The van der Waals surface area contributed by atoms with Gasteiger partial charge in [-0.05, 0) is 31.2 Å². The second kappa shape index (κ2) is 6.49. The van der Waals surface area contributed by atoms with Crippen molar-refractivity contribution >= 4 is 44.1 Å². The first-order valence-corrected chi connectivity index (χ1v) is 9.05. The quantitative estimate of drug-likeness (QED) is 0.712. The van der Waals surface area contributed by atoms with Gasteiger partial charge in [0.1, 0.15) is 11.3 Å². The van der Waals surface area contributed by atoms with E-state index in [0.717, 1.165) is 9.83 Å². The summed E-state index contributed by atoms with van der Waals surface area (Å²) in [6, 6.07) is 11.8. The number of carbonyl (C=O) groups excluding carboxylic acids is 2. The number of nitrogens with one attached hydrogen (secondary N) is 1. The van der Waals surface area contributed by atoms with E-state index in [9.17, 15) is 14.0 Å². The van der Waals surface area contributed by atoms with Crippen LogP contribution in [0.25, 0.3) is 10.2 Å². The number of rotatable bonds is 4. The summed E-state index contributed by atoms with van der Waals surface area (Å²) in [6.07, 6.45) is 0. The number of carbonyl (C=O) groups is 2. The van der Waals surface area contributed by atoms with Gasteiger partial charge in [-0.2, -0.15) is 0 Å². The third-order valence-electron chi connectivity index (χ3n) is 4.42. The smallest absolute Gasteiger partial charge is 0.231 e. The maximum absolute atomic E-state index is 13.8. The summed E-state index contributed by atoms with van der Waals surface area (Å²) in [5.74, 6) is -0.619. The zero-order valence-electron chi connectivity index (χ0n) is 14.0. The number of hydrogen-bond donors (Lipinski definition) is 1. The predicted octanol–water partition coefficient (Wildman–Crippen LogP) is 3.71. The molecule has 0 bridgehead atoms. The highest BCUT2D eigenvalue weighted by atomic mass is 32.1. The number of Topliss-reactive ketones (excluding diaryl/α,β-unsaturated/α-hetero) is 1. The Morgan fingerprint density at radius 3 is 2.73 bits per heavy atom. The number of hydrogen-bond acceptors (Lipinski definition) is 5. The van der Waals surface area contributed by atoms with Gasteiger partial charge in [-0.1, -0.05) is 29.5 Å². The van der Waals surface area contributed by atoms with Gasteiger partial charge in [0.05, 0.1) is 10.6 Å². The van der Waals surface area contributed by atoms with E-state index in [2.05, 4.69) is 10.3 Å². The molecule has 132 valence electrons. The summed E-state index contributed by atoms with van der Waals surface area (Å²) >= 11 is 1.42. The fraction of sp³-hybridized carbons (Fsp3) is 0.211. The zero-order valence-corrected chi connectivity index (χ0v) is 14.8. The lowest BCUT2D eigenvalue weighted by Gasteiger charge is -2.37. The lowest BCUT2D eigenvalue weighted by atomic mass is 10.00. The topological polar surface area (TPSA) is 62.3 Å². The summed E-state index contributed by atoms with van der Waals surface area (Å²) in [5, 5.41) is 3.58. The molecule has 0 radical (unpaired) electrons. The van der Waals surface area contributed by atoms with Crippen molar-refractivity contribution in [3.05, 3.63) is 53.8 Å². The van der Waals surface area contributed by atoms with Crippen molar-refractivity contribution in [2.75, 3.05) is 23.3 Å². The van der Waals surface area contributed by atoms with Crippen LogP contribution in [0.4, 0.5) is 15.2 Å². The van der Waals surface area contributed by atoms with Crippen LogP contribution >= 0.6 is 11.3 Å². The number of anilines is 2. The van der Waals surface area contributed by atoms with Crippen molar-refractivity contribution in [2.45, 2.75) is 6.92 Å². The van der Waals surface area contributed by atoms with Gasteiger partial charge in [-0.25, -0.2) is 9.37 Å². The van der Waals surface area contributed by atoms with Crippen LogP contribution in [-0.2, 0) is 4.79 Å². The molecule has 0 saturated carbocycles. The zero-order chi connectivity index (χ0) is 18.3. The Balaban J connectivity index is 1.41. The standard InChI is InChI=1S/C19H16FN3O2S/c1-11(24)12-4-2-5-14(8-12)21-18(25)13-9-23(10-13)19-22-17-15(20)6-3-7-16(17)26-19/h2-8,13H,9-10H2,1H3,(H,21,25). The van der Waals surface area contributed by atoms with E-state index in [1.54, 1.807) is 30.3 Å². The average molecular weight is 369 g/mol. The number of halogens is 1. The third-order valence-corrected chi connectivity index (χ3v) is 5.50. The first-order chi connectivity index (χ1) is 12.5. The Labute approximate surface area is 153 Å². The second-order valence-corrected chi connectivity index (χ2v) is 7.32. The molecule has 1 aromatic heterocycles. The molecular weight excluding hydrogens is 353 g/mol. The van der Waals surface area contributed by atoms with Crippen molar-refractivity contribution in [1.29, 1.82) is 0 Å². The molecule has 4 rings (SSSR count). The summed E-state index contributed by atoms with van der Waals surface area (Å²) in [5.41, 5.74) is 1.55. The monoisotopic (exact) mass is 369 g/mol. The maximum atomic E-state index is 13.8. The molecular formula is C19H16FN3O2S. The molecule has 0 aliphatic carbocycles. The number of para-hydroxylation sites is 1. The molecule has 0 atom stereocenters. The Kier molecular flexibility index (Phi) is 4.16. The Morgan fingerprint density at radius 2 is 2.00 bits per heavy atom. The van der Waals surface area contributed by atoms with Crippen LogP contribution in [0.2, 0.25) is 0 Å². The van der Waals surface area contributed by atoms with E-state index >= 15 is 0 Å². The van der Waals surface area contributed by atoms with Gasteiger partial charge in [0.25, 0.3) is 0 Å². The number of thiazole rings is 1. The van der Waals surface area contributed by atoms with Crippen molar-refractivity contribution < 1.29 is 14.0 Å². The minimum Gasteiger partial charge on any atom is -0.346 e. The van der Waals surface area contributed by atoms with Gasteiger partial charge < -0.3 is 10.2 Å². The van der Waals surface area contributed by atoms with Gasteiger partial charge in [0, 0.05) is 24.3 Å². The van der Waals surface area contributed by atoms with E-state index < -0.39 is 0 Å². The predicted molar refractivity (Wildman–Crippen MR) is 100 cm³/mol. The maximum Gasteiger partial charge on any atom is 0.231 e. The van der Waals surface area contributed by atoms with Crippen molar-refractivity contribution in [3.63, 3.8) is 0 Å². The van der Waals surface area contributed by atoms with Crippen molar-refractivity contribution in [1.82, 2.24) is 4.98 Å². The van der Waals surface area contributed by atoms with Crippen LogP contribution in [0.15, 0.2) is 42.5 Å². The molecule has 1 N–H and O–H groups in total. The van der Waals surface area contributed by atoms with E-state index in [-0.39, 0.29) is 23.4 Å². The lowest BCUT2D eigenvalue weighted by molar-refractivity contribution is -0.120. The number of nitrogens with zero attached hydrogens (tertiary/aromatic N) is 2. The molecule has 1 saturated heterocycles. The third kappa shape index (κ3) is 3.06. The van der Waals surface area contributed by atoms with Crippen molar-refractivity contribution in [3.8, 4) is 0 Å². The minimum atomic E-state index is -0.329. The van der Waals surface area contributed by atoms with Crippen LogP contribution < -0.4 is 10.2 Å². The van der Waals surface area contributed by atoms with Gasteiger partial charge >= 0.3 is 0 Å². The SMILES string of the molecule is CC(=O)c1cccc(NC(=O)C2CN(c3nc4c(F)cccc4s3)C2)c1. The summed E-state index contributed by atoms with van der Waals surface area (Å²) < 4.78 is 14.6. The highest BCUT2D eigenvalue weighted by molar-refractivity contribution is 7.22. The molecule has 1 fully saturated rings.